The first-order valence-electron chi connectivity index (χ1n) is 10.2. The van der Waals surface area contributed by atoms with E-state index < -0.39 is 10.0 Å². The van der Waals surface area contributed by atoms with Gasteiger partial charge in [-0.15, -0.1) is 0 Å². The van der Waals surface area contributed by atoms with Crippen LogP contribution in [0.15, 0.2) is 60.0 Å². The number of hydrogen-bond donors (Lipinski definition) is 1. The number of ether oxygens (including phenoxy) is 2. The number of nitrogens with one attached hydrogen (secondary N) is 1. The topological polar surface area (TPSA) is 84.9 Å². The summed E-state index contributed by atoms with van der Waals surface area (Å²) < 4.78 is 38.0. The van der Waals surface area contributed by atoms with E-state index in [0.717, 1.165) is 12.8 Å². The van der Waals surface area contributed by atoms with Gasteiger partial charge in [-0.3, -0.25) is 4.79 Å². The van der Waals surface area contributed by atoms with Gasteiger partial charge in [-0.25, -0.2) is 8.42 Å². The third kappa shape index (κ3) is 5.86. The van der Waals surface area contributed by atoms with Crippen LogP contribution < -0.4 is 14.8 Å². The molecule has 1 aliphatic rings. The van der Waals surface area contributed by atoms with Gasteiger partial charge in [0.2, 0.25) is 15.9 Å². The normalized spacial score (nSPS) is 14.2. The van der Waals surface area contributed by atoms with Gasteiger partial charge in [0.15, 0.2) is 0 Å². The number of nitrogens with zero attached hydrogens (tertiary/aromatic N) is 1. The van der Waals surface area contributed by atoms with Crippen LogP contribution in [0, 0.1) is 0 Å². The molecule has 31 heavy (non-hydrogen) atoms. The zero-order valence-corrected chi connectivity index (χ0v) is 18.5. The Balaban J connectivity index is 1.64. The number of benzene rings is 2. The number of hydrogen-bond acceptors (Lipinski definition) is 5. The lowest BCUT2D eigenvalue weighted by atomic mass is 10.1. The summed E-state index contributed by atoms with van der Waals surface area (Å²) in [4.78, 5) is 12.6. The zero-order chi connectivity index (χ0) is 22.3. The second-order valence-corrected chi connectivity index (χ2v) is 9.20. The average Bonchev–Trinajstić information content (AvgIpc) is 3.33. The molecule has 0 bridgehead atoms. The molecule has 1 heterocycles. The van der Waals surface area contributed by atoms with Gasteiger partial charge in [-0.1, -0.05) is 12.7 Å². The van der Waals surface area contributed by atoms with Crippen molar-refractivity contribution in [2.75, 3.05) is 32.1 Å². The Morgan fingerprint density at radius 3 is 2.52 bits per heavy atom. The predicted octanol–water partition coefficient (Wildman–Crippen LogP) is 3.62. The molecule has 2 aromatic rings. The summed E-state index contributed by atoms with van der Waals surface area (Å²) in [7, 11) is -1.99. The minimum Gasteiger partial charge on any atom is -0.496 e. The molecule has 166 valence electrons. The van der Waals surface area contributed by atoms with Crippen molar-refractivity contribution in [2.45, 2.75) is 30.6 Å². The monoisotopic (exact) mass is 444 g/mol. The van der Waals surface area contributed by atoms with Crippen molar-refractivity contribution < 1.29 is 22.7 Å². The summed E-state index contributed by atoms with van der Waals surface area (Å²) in [6, 6.07) is 11.9. The van der Waals surface area contributed by atoms with Gasteiger partial charge in [-0.05, 0) is 67.3 Å². The third-order valence-electron chi connectivity index (χ3n) is 5.08. The van der Waals surface area contributed by atoms with Gasteiger partial charge in [0.25, 0.3) is 0 Å². The van der Waals surface area contributed by atoms with Crippen LogP contribution >= 0.6 is 0 Å². The molecule has 7 nitrogen and oxygen atoms in total. The average molecular weight is 445 g/mol. The van der Waals surface area contributed by atoms with Crippen LogP contribution in [0.25, 0.3) is 0 Å². The maximum atomic E-state index is 12.8. The fraction of sp³-hybridized carbons (Fsp3) is 0.348. The van der Waals surface area contributed by atoms with Gasteiger partial charge < -0.3 is 14.8 Å². The van der Waals surface area contributed by atoms with Crippen LogP contribution in [0.4, 0.5) is 5.69 Å². The molecule has 1 aliphatic heterocycles. The molecule has 1 saturated heterocycles. The molecule has 0 aliphatic carbocycles. The van der Waals surface area contributed by atoms with Crippen molar-refractivity contribution in [1.29, 1.82) is 0 Å². The van der Waals surface area contributed by atoms with E-state index in [1.807, 2.05) is 0 Å². The van der Waals surface area contributed by atoms with Crippen LogP contribution in [0.2, 0.25) is 0 Å². The first-order chi connectivity index (χ1) is 14.9. The van der Waals surface area contributed by atoms with E-state index in [1.165, 1.54) is 11.4 Å². The van der Waals surface area contributed by atoms with Crippen LogP contribution in [0.3, 0.4) is 0 Å². The molecule has 0 saturated carbocycles. The molecule has 0 aromatic heterocycles. The highest BCUT2D eigenvalue weighted by Gasteiger charge is 2.27. The molecule has 1 fully saturated rings. The number of methoxy groups -OCH3 is 1. The number of amides is 1. The molecule has 2 aromatic carbocycles. The second-order valence-electron chi connectivity index (χ2n) is 7.26. The molecule has 1 amide bonds. The van der Waals surface area contributed by atoms with Crippen molar-refractivity contribution in [3.63, 3.8) is 0 Å². The fourth-order valence-corrected chi connectivity index (χ4v) is 5.02. The second kappa shape index (κ2) is 10.5. The highest BCUT2D eigenvalue weighted by Crippen LogP contribution is 2.27. The maximum Gasteiger partial charge on any atom is 0.243 e. The molecule has 0 spiro atoms. The lowest BCUT2D eigenvalue weighted by Crippen LogP contribution is -2.28. The maximum absolute atomic E-state index is 12.8. The standard InChI is InChI=1S/C23H28N2O5S/c1-3-16-30-20-9-7-19(8-10-20)24-23(26)13-6-18-17-21(11-12-22(18)29-2)31(27,28)25-14-4-5-15-25/h3,7-12,17H,1,4-6,13-16H2,2H3,(H,24,26). The fourth-order valence-electron chi connectivity index (χ4n) is 3.45. The highest BCUT2D eigenvalue weighted by atomic mass is 32.2. The van der Waals surface area contributed by atoms with Crippen molar-refractivity contribution in [1.82, 2.24) is 4.31 Å². The number of carbonyl (C=O) groups excluding carboxylic acids is 1. The van der Waals surface area contributed by atoms with E-state index in [2.05, 4.69) is 11.9 Å². The van der Waals surface area contributed by atoms with Crippen LogP contribution in [0.1, 0.15) is 24.8 Å². The van der Waals surface area contributed by atoms with Gasteiger partial charge in [0.1, 0.15) is 18.1 Å². The Morgan fingerprint density at radius 1 is 1.16 bits per heavy atom. The number of carbonyl (C=O) groups is 1. The molecule has 8 heteroatoms. The molecular weight excluding hydrogens is 416 g/mol. The Bertz CT molecular complexity index is 1010. The van der Waals surface area contributed by atoms with Crippen LogP contribution in [-0.4, -0.2) is 45.4 Å². The molecule has 1 N–H and O–H groups in total. The number of rotatable bonds is 10. The third-order valence-corrected chi connectivity index (χ3v) is 6.98. The largest absolute Gasteiger partial charge is 0.496 e. The predicted molar refractivity (Wildman–Crippen MR) is 120 cm³/mol. The lowest BCUT2D eigenvalue weighted by Gasteiger charge is -2.17. The number of aryl methyl sites for hydroxylation is 1. The first kappa shape index (κ1) is 22.8. The Hall–Kier alpha value is -2.84. The van der Waals surface area contributed by atoms with Crippen LogP contribution in [0.5, 0.6) is 11.5 Å². The molecule has 3 rings (SSSR count). The summed E-state index contributed by atoms with van der Waals surface area (Å²) in [5.74, 6) is 1.09. The summed E-state index contributed by atoms with van der Waals surface area (Å²) in [5, 5.41) is 2.84. The first-order valence-corrected chi connectivity index (χ1v) is 11.7. The van der Waals surface area contributed by atoms with E-state index in [0.29, 0.717) is 48.9 Å². The van der Waals surface area contributed by atoms with Crippen LogP contribution in [-0.2, 0) is 21.2 Å². The quantitative estimate of drug-likeness (QED) is 0.566. The Labute approximate surface area is 183 Å². The Morgan fingerprint density at radius 2 is 1.87 bits per heavy atom. The number of sulfonamides is 1. The van der Waals surface area contributed by atoms with Gasteiger partial charge in [0.05, 0.1) is 12.0 Å². The van der Waals surface area contributed by atoms with E-state index in [-0.39, 0.29) is 17.2 Å². The molecular formula is C23H28N2O5S. The lowest BCUT2D eigenvalue weighted by molar-refractivity contribution is -0.116. The van der Waals surface area contributed by atoms with Crippen molar-refractivity contribution in [3.8, 4) is 11.5 Å². The van der Waals surface area contributed by atoms with E-state index >= 15 is 0 Å². The summed E-state index contributed by atoms with van der Waals surface area (Å²) in [6.07, 6.45) is 3.97. The Kier molecular flexibility index (Phi) is 7.70. The van der Waals surface area contributed by atoms with E-state index in [4.69, 9.17) is 9.47 Å². The summed E-state index contributed by atoms with van der Waals surface area (Å²) in [5.41, 5.74) is 1.35. The zero-order valence-electron chi connectivity index (χ0n) is 17.7. The van der Waals surface area contributed by atoms with Crippen molar-refractivity contribution in [3.05, 3.63) is 60.7 Å². The highest BCUT2D eigenvalue weighted by molar-refractivity contribution is 7.89. The minimum atomic E-state index is -3.52. The van der Waals surface area contributed by atoms with E-state index in [1.54, 1.807) is 48.5 Å². The minimum absolute atomic E-state index is 0.172. The summed E-state index contributed by atoms with van der Waals surface area (Å²) >= 11 is 0. The smallest absolute Gasteiger partial charge is 0.243 e. The summed E-state index contributed by atoms with van der Waals surface area (Å²) in [6.45, 7) is 5.11. The van der Waals surface area contributed by atoms with E-state index in [9.17, 15) is 13.2 Å². The van der Waals surface area contributed by atoms with Gasteiger partial charge in [0, 0.05) is 25.2 Å². The van der Waals surface area contributed by atoms with Gasteiger partial charge >= 0.3 is 0 Å². The van der Waals surface area contributed by atoms with Crippen molar-refractivity contribution >= 4 is 21.6 Å². The van der Waals surface area contributed by atoms with Gasteiger partial charge in [-0.2, -0.15) is 4.31 Å². The number of anilines is 1. The van der Waals surface area contributed by atoms with Crippen molar-refractivity contribution in [2.24, 2.45) is 0 Å². The molecule has 0 atom stereocenters. The SMILES string of the molecule is C=CCOc1ccc(NC(=O)CCc2cc(S(=O)(=O)N3CCCC3)ccc2OC)cc1. The molecule has 0 radical (unpaired) electrons. The molecule has 0 unspecified atom stereocenters.